The normalized spacial score (nSPS) is 14.3. The predicted molar refractivity (Wildman–Crippen MR) is 105 cm³/mol. The molecule has 3 heterocycles. The van der Waals surface area contributed by atoms with Crippen molar-refractivity contribution in [1.29, 1.82) is 0 Å². The highest BCUT2D eigenvalue weighted by atomic mass is 32.2. The molecule has 4 aromatic rings. The van der Waals surface area contributed by atoms with Crippen molar-refractivity contribution >= 4 is 21.4 Å². The molecule has 5 rings (SSSR count). The standard InChI is InChI=1S/C19H16N6O2S/c26-28(27,16-4-5-16)24-15-3-1-2-14(12-15)17-6-7-18-21-22-19(25(18)23-17)13-8-10-20-11-9-13/h1-3,6-12,16,24H,4-5H2. The van der Waals surface area contributed by atoms with E-state index in [0.717, 1.165) is 24.0 Å². The molecule has 0 aliphatic heterocycles. The Hall–Kier alpha value is -3.33. The van der Waals surface area contributed by atoms with Gasteiger partial charge in [-0.15, -0.1) is 10.2 Å². The first-order valence-electron chi connectivity index (χ1n) is 8.85. The van der Waals surface area contributed by atoms with E-state index >= 15 is 0 Å². The summed E-state index contributed by atoms with van der Waals surface area (Å²) in [4.78, 5) is 4.02. The van der Waals surface area contributed by atoms with Crippen LogP contribution in [0.15, 0.2) is 60.9 Å². The van der Waals surface area contributed by atoms with Crippen molar-refractivity contribution in [2.75, 3.05) is 4.72 Å². The van der Waals surface area contributed by atoms with E-state index < -0.39 is 10.0 Å². The summed E-state index contributed by atoms with van der Waals surface area (Å²) in [7, 11) is -3.31. The third kappa shape index (κ3) is 3.09. The average molecular weight is 392 g/mol. The number of nitrogens with zero attached hydrogens (tertiary/aromatic N) is 5. The molecule has 0 atom stereocenters. The van der Waals surface area contributed by atoms with Gasteiger partial charge in [-0.1, -0.05) is 12.1 Å². The molecule has 8 nitrogen and oxygen atoms in total. The Morgan fingerprint density at radius 3 is 2.57 bits per heavy atom. The molecule has 0 bridgehead atoms. The highest BCUT2D eigenvalue weighted by Gasteiger charge is 2.35. The van der Waals surface area contributed by atoms with Gasteiger partial charge in [0.2, 0.25) is 10.0 Å². The number of anilines is 1. The van der Waals surface area contributed by atoms with E-state index in [2.05, 4.69) is 25.0 Å². The van der Waals surface area contributed by atoms with Crippen LogP contribution in [-0.2, 0) is 10.0 Å². The van der Waals surface area contributed by atoms with Gasteiger partial charge in [0.25, 0.3) is 0 Å². The minimum atomic E-state index is -3.31. The number of sulfonamides is 1. The summed E-state index contributed by atoms with van der Waals surface area (Å²) >= 11 is 0. The first-order valence-corrected chi connectivity index (χ1v) is 10.4. The van der Waals surface area contributed by atoms with Crippen LogP contribution in [0.25, 0.3) is 28.3 Å². The quantitative estimate of drug-likeness (QED) is 0.560. The summed E-state index contributed by atoms with van der Waals surface area (Å²) in [6.45, 7) is 0. The van der Waals surface area contributed by atoms with E-state index in [1.54, 1.807) is 29.0 Å². The van der Waals surface area contributed by atoms with Gasteiger partial charge in [0, 0.05) is 29.2 Å². The molecule has 0 saturated heterocycles. The Bertz CT molecular complexity index is 1270. The first kappa shape index (κ1) is 16.8. The zero-order valence-corrected chi connectivity index (χ0v) is 15.5. The maximum Gasteiger partial charge on any atom is 0.235 e. The molecule has 1 aliphatic rings. The predicted octanol–water partition coefficient (Wildman–Crippen LogP) is 2.76. The lowest BCUT2D eigenvalue weighted by Crippen LogP contribution is -2.17. The third-order valence-electron chi connectivity index (χ3n) is 4.58. The summed E-state index contributed by atoms with van der Waals surface area (Å²) in [6, 6.07) is 14.6. The van der Waals surface area contributed by atoms with Gasteiger partial charge in [0.1, 0.15) is 0 Å². The maximum absolute atomic E-state index is 12.2. The minimum absolute atomic E-state index is 0.273. The van der Waals surface area contributed by atoms with Crippen LogP contribution in [0.1, 0.15) is 12.8 Å². The molecule has 0 unspecified atom stereocenters. The average Bonchev–Trinajstić information content (AvgIpc) is 3.49. The number of benzene rings is 1. The topological polar surface area (TPSA) is 102 Å². The maximum atomic E-state index is 12.2. The number of rotatable bonds is 5. The van der Waals surface area contributed by atoms with Crippen LogP contribution in [0, 0.1) is 0 Å². The Balaban J connectivity index is 1.54. The lowest BCUT2D eigenvalue weighted by molar-refractivity contribution is 0.600. The molecule has 1 N–H and O–H groups in total. The second-order valence-corrected chi connectivity index (χ2v) is 8.64. The Morgan fingerprint density at radius 2 is 1.79 bits per heavy atom. The zero-order valence-electron chi connectivity index (χ0n) is 14.7. The van der Waals surface area contributed by atoms with Crippen LogP contribution < -0.4 is 4.72 Å². The summed E-state index contributed by atoms with van der Waals surface area (Å²) < 4.78 is 28.7. The monoisotopic (exact) mass is 392 g/mol. The van der Waals surface area contributed by atoms with Gasteiger partial charge in [-0.05, 0) is 49.2 Å². The SMILES string of the molecule is O=S(=O)(Nc1cccc(-c2ccc3nnc(-c4ccncc4)n3n2)c1)C1CC1. The Morgan fingerprint density at radius 1 is 0.964 bits per heavy atom. The van der Waals surface area contributed by atoms with Crippen molar-refractivity contribution in [3.8, 4) is 22.6 Å². The molecule has 140 valence electrons. The van der Waals surface area contributed by atoms with Gasteiger partial charge in [0.05, 0.1) is 10.9 Å². The van der Waals surface area contributed by atoms with Gasteiger partial charge in [-0.2, -0.15) is 9.61 Å². The molecule has 0 amide bonds. The van der Waals surface area contributed by atoms with Crippen LogP contribution >= 0.6 is 0 Å². The number of hydrogen-bond donors (Lipinski definition) is 1. The molecule has 28 heavy (non-hydrogen) atoms. The number of pyridine rings is 1. The molecule has 1 aliphatic carbocycles. The fourth-order valence-corrected chi connectivity index (χ4v) is 4.37. The van der Waals surface area contributed by atoms with Gasteiger partial charge in [0.15, 0.2) is 11.5 Å². The highest BCUT2D eigenvalue weighted by molar-refractivity contribution is 7.93. The molecule has 9 heteroatoms. The smallest absolute Gasteiger partial charge is 0.235 e. The minimum Gasteiger partial charge on any atom is -0.283 e. The molecule has 1 saturated carbocycles. The van der Waals surface area contributed by atoms with Crippen LogP contribution in [0.3, 0.4) is 0 Å². The van der Waals surface area contributed by atoms with Crippen LogP contribution in [0.5, 0.6) is 0 Å². The van der Waals surface area contributed by atoms with Crippen LogP contribution in [0.2, 0.25) is 0 Å². The molecule has 3 aromatic heterocycles. The van der Waals surface area contributed by atoms with Crippen molar-refractivity contribution in [3.05, 3.63) is 60.9 Å². The fourth-order valence-electron chi connectivity index (χ4n) is 2.99. The third-order valence-corrected chi connectivity index (χ3v) is 6.45. The van der Waals surface area contributed by atoms with E-state index in [9.17, 15) is 8.42 Å². The summed E-state index contributed by atoms with van der Waals surface area (Å²) in [5.41, 5.74) is 3.51. The molecule has 1 fully saturated rings. The van der Waals surface area contributed by atoms with Gasteiger partial charge in [-0.25, -0.2) is 8.42 Å². The molecule has 0 radical (unpaired) electrons. The Kier molecular flexibility index (Phi) is 3.83. The Labute approximate surface area is 161 Å². The molecular formula is C19H16N6O2S. The van der Waals surface area contributed by atoms with E-state index in [0.29, 0.717) is 22.9 Å². The lowest BCUT2D eigenvalue weighted by Gasteiger charge is -2.09. The second kappa shape index (κ2) is 6.38. The van der Waals surface area contributed by atoms with Crippen molar-refractivity contribution in [2.45, 2.75) is 18.1 Å². The van der Waals surface area contributed by atoms with Crippen molar-refractivity contribution in [2.24, 2.45) is 0 Å². The van der Waals surface area contributed by atoms with E-state index in [1.165, 1.54) is 0 Å². The van der Waals surface area contributed by atoms with Gasteiger partial charge in [-0.3, -0.25) is 9.71 Å². The van der Waals surface area contributed by atoms with Crippen molar-refractivity contribution in [3.63, 3.8) is 0 Å². The van der Waals surface area contributed by atoms with Gasteiger partial charge < -0.3 is 0 Å². The summed E-state index contributed by atoms with van der Waals surface area (Å²) in [5.74, 6) is 0.616. The lowest BCUT2D eigenvalue weighted by atomic mass is 10.1. The van der Waals surface area contributed by atoms with Crippen LogP contribution in [0.4, 0.5) is 5.69 Å². The van der Waals surface area contributed by atoms with Gasteiger partial charge >= 0.3 is 0 Å². The van der Waals surface area contributed by atoms with E-state index in [-0.39, 0.29) is 5.25 Å². The van der Waals surface area contributed by atoms with Crippen molar-refractivity contribution in [1.82, 2.24) is 24.8 Å². The largest absolute Gasteiger partial charge is 0.283 e. The molecule has 0 spiro atoms. The number of aromatic nitrogens is 5. The number of hydrogen-bond acceptors (Lipinski definition) is 6. The van der Waals surface area contributed by atoms with E-state index in [4.69, 9.17) is 0 Å². The molecular weight excluding hydrogens is 376 g/mol. The number of nitrogens with one attached hydrogen (secondary N) is 1. The zero-order chi connectivity index (χ0) is 19.1. The summed E-state index contributed by atoms with van der Waals surface area (Å²) in [5, 5.41) is 12.8. The fraction of sp³-hybridized carbons (Fsp3) is 0.158. The van der Waals surface area contributed by atoms with E-state index in [1.807, 2.05) is 36.4 Å². The van der Waals surface area contributed by atoms with Crippen molar-refractivity contribution < 1.29 is 8.42 Å². The van der Waals surface area contributed by atoms with Crippen LogP contribution in [-0.4, -0.2) is 38.5 Å². The summed E-state index contributed by atoms with van der Waals surface area (Å²) in [6.07, 6.45) is 4.82. The second-order valence-electron chi connectivity index (χ2n) is 6.68. The number of fused-ring (bicyclic) bond motifs is 1. The first-order chi connectivity index (χ1) is 13.6. The highest BCUT2D eigenvalue weighted by Crippen LogP contribution is 2.30. The molecule has 1 aromatic carbocycles.